The summed E-state index contributed by atoms with van der Waals surface area (Å²) in [5, 5.41) is 9.54. The second-order valence-electron chi connectivity index (χ2n) is 8.60. The number of nitrogens with zero attached hydrogens (tertiary/aromatic N) is 1. The van der Waals surface area contributed by atoms with E-state index in [2.05, 4.69) is 0 Å². The number of aromatic carboxylic acids is 1. The summed E-state index contributed by atoms with van der Waals surface area (Å²) in [4.78, 5) is 25.8. The van der Waals surface area contributed by atoms with E-state index in [0.29, 0.717) is 25.4 Å². The van der Waals surface area contributed by atoms with Crippen molar-refractivity contribution >= 4 is 12.1 Å². The maximum Gasteiger partial charge on any atom is 0.410 e. The lowest BCUT2D eigenvalue weighted by molar-refractivity contribution is 0.0198. The van der Waals surface area contributed by atoms with Crippen LogP contribution < -0.4 is 4.74 Å². The average molecular weight is 411 g/mol. The van der Waals surface area contributed by atoms with Crippen molar-refractivity contribution in [3.05, 3.63) is 65.2 Å². The van der Waals surface area contributed by atoms with Crippen LogP contribution in [0.2, 0.25) is 0 Å². The normalized spacial score (nSPS) is 16.8. The molecule has 0 spiro atoms. The Morgan fingerprint density at radius 2 is 1.87 bits per heavy atom. The minimum atomic E-state index is -1.02. The minimum Gasteiger partial charge on any atom is -0.488 e. The molecule has 1 heterocycles. The number of carbonyl (C=O) groups is 2. The third-order valence-electron chi connectivity index (χ3n) is 5.02. The molecule has 0 aromatic heterocycles. The van der Waals surface area contributed by atoms with Gasteiger partial charge in [0.05, 0.1) is 0 Å². The lowest BCUT2D eigenvalue weighted by Crippen LogP contribution is -2.42. The summed E-state index contributed by atoms with van der Waals surface area (Å²) in [6, 6.07) is 14.8. The average Bonchev–Trinajstić information content (AvgIpc) is 2.71. The number of likely N-dealkylation sites (tertiary alicyclic amines) is 1. The fourth-order valence-electron chi connectivity index (χ4n) is 3.57. The van der Waals surface area contributed by atoms with Crippen molar-refractivity contribution in [2.75, 3.05) is 13.1 Å². The number of carbonyl (C=O) groups excluding carboxylic acids is 1. The molecule has 0 aliphatic carbocycles. The van der Waals surface area contributed by atoms with E-state index in [0.717, 1.165) is 24.0 Å². The number of ether oxygens (including phenoxy) is 2. The summed E-state index contributed by atoms with van der Waals surface area (Å²) in [6.07, 6.45) is 1.48. The summed E-state index contributed by atoms with van der Waals surface area (Å²) in [5.41, 5.74) is 1.53. The molecule has 0 saturated carbocycles. The molecule has 1 fully saturated rings. The van der Waals surface area contributed by atoms with Crippen molar-refractivity contribution in [3.8, 4) is 5.75 Å². The van der Waals surface area contributed by atoms with Crippen molar-refractivity contribution in [1.29, 1.82) is 0 Å². The summed E-state index contributed by atoms with van der Waals surface area (Å²) < 4.78 is 11.4. The Bertz CT molecular complexity index is 888. The smallest absolute Gasteiger partial charge is 0.410 e. The quantitative estimate of drug-likeness (QED) is 0.743. The molecule has 1 unspecified atom stereocenters. The molecular weight excluding hydrogens is 382 g/mol. The van der Waals surface area contributed by atoms with Crippen molar-refractivity contribution in [2.24, 2.45) is 0 Å². The van der Waals surface area contributed by atoms with Crippen LogP contribution in [0.15, 0.2) is 48.5 Å². The Labute approximate surface area is 177 Å². The highest BCUT2D eigenvalue weighted by molar-refractivity contribution is 5.91. The van der Waals surface area contributed by atoms with E-state index in [9.17, 15) is 14.7 Å². The molecule has 1 N–H and O–H groups in total. The van der Waals surface area contributed by atoms with Gasteiger partial charge in [-0.15, -0.1) is 0 Å². The molecule has 1 saturated heterocycles. The monoisotopic (exact) mass is 411 g/mol. The Morgan fingerprint density at radius 1 is 1.13 bits per heavy atom. The molecule has 3 rings (SSSR count). The Morgan fingerprint density at radius 3 is 2.53 bits per heavy atom. The number of rotatable bonds is 5. The number of carboxylic acids is 1. The highest BCUT2D eigenvalue weighted by Crippen LogP contribution is 2.32. The standard InChI is InChI=1S/C24H29NO5/c1-24(2,3)30-23(28)25-13-7-10-19(15-25)18-11-12-20(22(26)27)21(14-18)29-16-17-8-5-4-6-9-17/h4-6,8-9,11-12,14,19H,7,10,13,15-16H2,1-3H3,(H,26,27). The SMILES string of the molecule is CC(C)(C)OC(=O)N1CCCC(c2ccc(C(=O)O)c(OCc3ccccc3)c2)C1. The van der Waals surface area contributed by atoms with E-state index in [1.807, 2.05) is 57.2 Å². The second-order valence-corrected chi connectivity index (χ2v) is 8.60. The van der Waals surface area contributed by atoms with Gasteiger partial charge in [0.1, 0.15) is 23.5 Å². The molecular formula is C24H29NO5. The molecule has 2 aromatic rings. The molecule has 0 radical (unpaired) electrons. The zero-order valence-electron chi connectivity index (χ0n) is 17.8. The third kappa shape index (κ3) is 5.75. The van der Waals surface area contributed by atoms with Crippen LogP contribution in [-0.4, -0.2) is 40.8 Å². The fraction of sp³-hybridized carbons (Fsp3) is 0.417. The van der Waals surface area contributed by atoms with Gasteiger partial charge in [0, 0.05) is 19.0 Å². The summed E-state index contributed by atoms with van der Waals surface area (Å²) in [5.74, 6) is -0.574. The van der Waals surface area contributed by atoms with Gasteiger partial charge in [0.2, 0.25) is 0 Å². The van der Waals surface area contributed by atoms with E-state index in [-0.39, 0.29) is 17.6 Å². The number of hydrogen-bond acceptors (Lipinski definition) is 4. The van der Waals surface area contributed by atoms with Gasteiger partial charge in [-0.1, -0.05) is 36.4 Å². The van der Waals surface area contributed by atoms with Crippen LogP contribution in [0.25, 0.3) is 0 Å². The summed E-state index contributed by atoms with van der Waals surface area (Å²) in [6.45, 7) is 7.06. The Hall–Kier alpha value is -3.02. The molecule has 1 atom stereocenters. The van der Waals surface area contributed by atoms with Gasteiger partial charge in [0.25, 0.3) is 0 Å². The predicted octanol–water partition coefficient (Wildman–Crippen LogP) is 5.08. The van der Waals surface area contributed by atoms with Crippen molar-refractivity contribution in [3.63, 3.8) is 0 Å². The molecule has 1 aliphatic rings. The first-order chi connectivity index (χ1) is 14.2. The van der Waals surface area contributed by atoms with Gasteiger partial charge < -0.3 is 19.5 Å². The zero-order valence-corrected chi connectivity index (χ0v) is 17.8. The number of benzene rings is 2. The van der Waals surface area contributed by atoms with E-state index in [4.69, 9.17) is 9.47 Å². The van der Waals surface area contributed by atoms with E-state index < -0.39 is 11.6 Å². The first-order valence-electron chi connectivity index (χ1n) is 10.2. The van der Waals surface area contributed by atoms with Gasteiger partial charge >= 0.3 is 12.1 Å². The molecule has 1 aliphatic heterocycles. The highest BCUT2D eigenvalue weighted by atomic mass is 16.6. The first kappa shape index (κ1) is 21.7. The first-order valence-corrected chi connectivity index (χ1v) is 10.2. The Balaban J connectivity index is 1.76. The van der Waals surface area contributed by atoms with Crippen LogP contribution in [0.1, 0.15) is 61.0 Å². The minimum absolute atomic E-state index is 0.105. The van der Waals surface area contributed by atoms with Crippen LogP contribution in [0.3, 0.4) is 0 Å². The Kier molecular flexibility index (Phi) is 6.65. The van der Waals surface area contributed by atoms with Crippen molar-refractivity contribution < 1.29 is 24.2 Å². The number of carboxylic acid groups (broad SMARTS) is 1. The largest absolute Gasteiger partial charge is 0.488 e. The van der Waals surface area contributed by atoms with Crippen LogP contribution in [-0.2, 0) is 11.3 Å². The molecule has 2 aromatic carbocycles. The molecule has 6 heteroatoms. The van der Waals surface area contributed by atoms with Crippen LogP contribution in [0, 0.1) is 0 Å². The van der Waals surface area contributed by atoms with Crippen molar-refractivity contribution in [2.45, 2.75) is 51.7 Å². The third-order valence-corrected chi connectivity index (χ3v) is 5.02. The van der Waals surface area contributed by atoms with Crippen LogP contribution in [0.4, 0.5) is 4.79 Å². The van der Waals surface area contributed by atoms with Gasteiger partial charge in [0.15, 0.2) is 0 Å². The van der Waals surface area contributed by atoms with Gasteiger partial charge in [-0.25, -0.2) is 9.59 Å². The maximum atomic E-state index is 12.5. The van der Waals surface area contributed by atoms with Crippen molar-refractivity contribution in [1.82, 2.24) is 4.90 Å². The van der Waals surface area contributed by atoms with E-state index in [1.54, 1.807) is 17.0 Å². The molecule has 160 valence electrons. The van der Waals surface area contributed by atoms with Gasteiger partial charge in [-0.3, -0.25) is 0 Å². The lowest BCUT2D eigenvalue weighted by Gasteiger charge is -2.34. The molecule has 0 bridgehead atoms. The summed E-state index contributed by atoms with van der Waals surface area (Å²) in [7, 11) is 0. The zero-order chi connectivity index (χ0) is 21.7. The highest BCUT2D eigenvalue weighted by Gasteiger charge is 2.29. The molecule has 30 heavy (non-hydrogen) atoms. The van der Waals surface area contributed by atoms with Gasteiger partial charge in [-0.05, 0) is 56.9 Å². The maximum absolute atomic E-state index is 12.5. The van der Waals surface area contributed by atoms with Gasteiger partial charge in [-0.2, -0.15) is 0 Å². The number of piperidine rings is 1. The topological polar surface area (TPSA) is 76.1 Å². The van der Waals surface area contributed by atoms with E-state index in [1.165, 1.54) is 0 Å². The number of amides is 1. The molecule has 1 amide bonds. The fourth-order valence-corrected chi connectivity index (χ4v) is 3.57. The lowest BCUT2D eigenvalue weighted by atomic mass is 9.90. The number of hydrogen-bond donors (Lipinski definition) is 1. The summed E-state index contributed by atoms with van der Waals surface area (Å²) >= 11 is 0. The van der Waals surface area contributed by atoms with E-state index >= 15 is 0 Å². The second kappa shape index (κ2) is 9.20. The van der Waals surface area contributed by atoms with Crippen LogP contribution in [0.5, 0.6) is 5.75 Å². The molecule has 6 nitrogen and oxygen atoms in total. The predicted molar refractivity (Wildman–Crippen MR) is 114 cm³/mol. The van der Waals surface area contributed by atoms with Crippen LogP contribution >= 0.6 is 0 Å².